The van der Waals surface area contributed by atoms with E-state index in [0.29, 0.717) is 19.6 Å². The van der Waals surface area contributed by atoms with Gasteiger partial charge in [-0.25, -0.2) is 0 Å². The van der Waals surface area contributed by atoms with E-state index in [9.17, 15) is 4.79 Å². The first-order valence-corrected chi connectivity index (χ1v) is 5.71. The number of aliphatic hydroxyl groups is 1. The van der Waals surface area contributed by atoms with Gasteiger partial charge in [-0.1, -0.05) is 6.42 Å². The summed E-state index contributed by atoms with van der Waals surface area (Å²) in [7, 11) is 0. The highest BCUT2D eigenvalue weighted by Gasteiger charge is 2.00. The van der Waals surface area contributed by atoms with Crippen molar-refractivity contribution in [3.63, 3.8) is 0 Å². The summed E-state index contributed by atoms with van der Waals surface area (Å²) in [6.07, 6.45) is 3.17. The van der Waals surface area contributed by atoms with Crippen LogP contribution >= 0.6 is 0 Å². The number of hydrogen-bond acceptors (Lipinski definition) is 4. The van der Waals surface area contributed by atoms with Crippen LogP contribution in [0.3, 0.4) is 0 Å². The van der Waals surface area contributed by atoms with Crippen LogP contribution in [0.1, 0.15) is 39.5 Å². The van der Waals surface area contributed by atoms with Crippen LogP contribution in [0.25, 0.3) is 0 Å². The van der Waals surface area contributed by atoms with Crippen LogP contribution in [-0.2, 0) is 9.53 Å². The lowest BCUT2D eigenvalue weighted by Crippen LogP contribution is -2.25. The Kier molecular flexibility index (Phi) is 9.52. The van der Waals surface area contributed by atoms with Crippen LogP contribution in [0, 0.1) is 0 Å². The van der Waals surface area contributed by atoms with Crippen LogP contribution in [0.2, 0.25) is 0 Å². The Morgan fingerprint density at radius 1 is 1.40 bits per heavy atom. The van der Waals surface area contributed by atoms with Crippen LogP contribution < -0.4 is 5.32 Å². The maximum atomic E-state index is 11.0. The van der Waals surface area contributed by atoms with Crippen molar-refractivity contribution in [1.29, 1.82) is 0 Å². The molecule has 0 heterocycles. The first-order valence-electron chi connectivity index (χ1n) is 5.71. The Morgan fingerprint density at radius 3 is 2.73 bits per heavy atom. The molecule has 0 rings (SSSR count). The van der Waals surface area contributed by atoms with Gasteiger partial charge < -0.3 is 15.2 Å². The van der Waals surface area contributed by atoms with Gasteiger partial charge in [0.2, 0.25) is 0 Å². The van der Waals surface area contributed by atoms with Crippen molar-refractivity contribution >= 4 is 5.97 Å². The normalized spacial score (nSPS) is 12.5. The van der Waals surface area contributed by atoms with Gasteiger partial charge in [-0.2, -0.15) is 0 Å². The minimum absolute atomic E-state index is 0.102. The Morgan fingerprint density at radius 2 is 2.13 bits per heavy atom. The fourth-order valence-corrected chi connectivity index (χ4v) is 1.24. The van der Waals surface area contributed by atoms with Crippen LogP contribution in [0.5, 0.6) is 0 Å². The van der Waals surface area contributed by atoms with E-state index in [2.05, 4.69) is 5.32 Å². The third-order valence-corrected chi connectivity index (χ3v) is 1.98. The number of hydrogen-bond donors (Lipinski definition) is 2. The van der Waals surface area contributed by atoms with E-state index in [1.54, 1.807) is 6.92 Å². The number of carbonyl (C=O) groups excluding carboxylic acids is 1. The average molecular weight is 217 g/mol. The Hall–Kier alpha value is -0.610. The highest BCUT2D eigenvalue weighted by molar-refractivity contribution is 5.69. The topological polar surface area (TPSA) is 58.6 Å². The molecule has 0 amide bonds. The second-order valence-electron chi connectivity index (χ2n) is 3.67. The van der Waals surface area contributed by atoms with Crippen molar-refractivity contribution in [1.82, 2.24) is 5.32 Å². The molecule has 0 aromatic heterocycles. The molecule has 0 aliphatic rings. The lowest BCUT2D eigenvalue weighted by molar-refractivity contribution is -0.143. The second-order valence-corrected chi connectivity index (χ2v) is 3.67. The van der Waals surface area contributed by atoms with Gasteiger partial charge in [-0.3, -0.25) is 4.79 Å². The lowest BCUT2D eigenvalue weighted by atomic mass is 10.2. The molecule has 0 aliphatic carbocycles. The maximum Gasteiger partial charge on any atom is 0.305 e. The molecule has 0 bridgehead atoms. The van der Waals surface area contributed by atoms with Gasteiger partial charge in [0.25, 0.3) is 0 Å². The predicted molar refractivity (Wildman–Crippen MR) is 59.7 cm³/mol. The van der Waals surface area contributed by atoms with Crippen molar-refractivity contribution < 1.29 is 14.6 Å². The third-order valence-electron chi connectivity index (χ3n) is 1.98. The van der Waals surface area contributed by atoms with Gasteiger partial charge in [0.05, 0.1) is 12.7 Å². The number of ether oxygens (including phenoxy) is 1. The van der Waals surface area contributed by atoms with Gasteiger partial charge in [-0.15, -0.1) is 0 Å². The molecule has 4 heteroatoms. The maximum absolute atomic E-state index is 11.0. The van der Waals surface area contributed by atoms with Crippen molar-refractivity contribution in [2.45, 2.75) is 45.6 Å². The molecular weight excluding hydrogens is 194 g/mol. The highest BCUT2D eigenvalue weighted by atomic mass is 16.5. The quantitative estimate of drug-likeness (QED) is 0.448. The van der Waals surface area contributed by atoms with E-state index < -0.39 is 0 Å². The summed E-state index contributed by atoms with van der Waals surface area (Å²) < 4.78 is 4.81. The fraction of sp³-hybridized carbons (Fsp3) is 0.909. The average Bonchev–Trinajstić information content (AvgIpc) is 2.16. The number of nitrogens with one attached hydrogen (secondary N) is 1. The smallest absolute Gasteiger partial charge is 0.305 e. The lowest BCUT2D eigenvalue weighted by Gasteiger charge is -2.06. The van der Waals surface area contributed by atoms with E-state index >= 15 is 0 Å². The standard InChI is InChI=1S/C11H23NO3/c1-3-15-11(14)7-5-4-6-8-12-9-10(2)13/h10,12-13H,3-9H2,1-2H3. The summed E-state index contributed by atoms with van der Waals surface area (Å²) >= 11 is 0. The van der Waals surface area contributed by atoms with Gasteiger partial charge in [0.1, 0.15) is 0 Å². The molecule has 15 heavy (non-hydrogen) atoms. The van der Waals surface area contributed by atoms with Crippen molar-refractivity contribution in [3.8, 4) is 0 Å². The minimum atomic E-state index is -0.287. The van der Waals surface area contributed by atoms with Gasteiger partial charge in [-0.05, 0) is 33.2 Å². The number of unbranched alkanes of at least 4 members (excludes halogenated alkanes) is 2. The minimum Gasteiger partial charge on any atom is -0.466 e. The summed E-state index contributed by atoms with van der Waals surface area (Å²) in [6.45, 7) is 5.58. The fourth-order valence-electron chi connectivity index (χ4n) is 1.24. The highest BCUT2D eigenvalue weighted by Crippen LogP contribution is 2.00. The summed E-state index contributed by atoms with van der Waals surface area (Å²) in [5.74, 6) is -0.102. The molecule has 0 spiro atoms. The summed E-state index contributed by atoms with van der Waals surface area (Å²) in [4.78, 5) is 11.0. The first kappa shape index (κ1) is 14.4. The zero-order valence-electron chi connectivity index (χ0n) is 9.79. The molecule has 0 radical (unpaired) electrons. The van der Waals surface area contributed by atoms with Crippen molar-refractivity contribution in [3.05, 3.63) is 0 Å². The SMILES string of the molecule is CCOC(=O)CCCCCNCC(C)O. The van der Waals surface area contributed by atoms with Gasteiger partial charge >= 0.3 is 5.97 Å². The molecule has 2 N–H and O–H groups in total. The van der Waals surface area contributed by atoms with Crippen LogP contribution in [0.4, 0.5) is 0 Å². The molecule has 90 valence electrons. The summed E-state index contributed by atoms with van der Waals surface area (Å²) in [5.41, 5.74) is 0. The Labute approximate surface area is 92.0 Å². The largest absolute Gasteiger partial charge is 0.466 e. The number of carbonyl (C=O) groups is 1. The van der Waals surface area contributed by atoms with Crippen molar-refractivity contribution in [2.75, 3.05) is 19.7 Å². The first-order chi connectivity index (χ1) is 7.16. The third kappa shape index (κ3) is 11.3. The van der Waals surface area contributed by atoms with E-state index in [1.165, 1.54) is 0 Å². The molecule has 0 fully saturated rings. The van der Waals surface area contributed by atoms with E-state index in [0.717, 1.165) is 25.8 Å². The monoisotopic (exact) mass is 217 g/mol. The molecule has 0 aromatic rings. The molecule has 1 unspecified atom stereocenters. The van der Waals surface area contributed by atoms with E-state index in [-0.39, 0.29) is 12.1 Å². The van der Waals surface area contributed by atoms with E-state index in [4.69, 9.17) is 9.84 Å². The Bertz CT molecular complexity index is 160. The summed E-state index contributed by atoms with van der Waals surface area (Å²) in [6, 6.07) is 0. The van der Waals surface area contributed by atoms with E-state index in [1.807, 2.05) is 6.92 Å². The summed E-state index contributed by atoms with van der Waals surface area (Å²) in [5, 5.41) is 12.1. The van der Waals surface area contributed by atoms with Crippen molar-refractivity contribution in [2.24, 2.45) is 0 Å². The zero-order valence-corrected chi connectivity index (χ0v) is 9.79. The number of esters is 1. The number of aliphatic hydroxyl groups excluding tert-OH is 1. The molecule has 0 aromatic carbocycles. The molecule has 0 aliphatic heterocycles. The Balaban J connectivity index is 3.08. The van der Waals surface area contributed by atoms with Gasteiger partial charge in [0.15, 0.2) is 0 Å². The molecule has 4 nitrogen and oxygen atoms in total. The molecule has 0 saturated carbocycles. The molecule has 1 atom stereocenters. The molecule has 0 saturated heterocycles. The predicted octanol–water partition coefficient (Wildman–Crippen LogP) is 1.08. The molecular formula is C11H23NO3. The zero-order chi connectivity index (χ0) is 11.5. The second kappa shape index (κ2) is 9.93. The van der Waals surface area contributed by atoms with Gasteiger partial charge in [0, 0.05) is 13.0 Å². The van der Waals surface area contributed by atoms with Crippen LogP contribution in [0.15, 0.2) is 0 Å². The number of rotatable bonds is 9. The van der Waals surface area contributed by atoms with Crippen LogP contribution in [-0.4, -0.2) is 36.9 Å².